The Kier molecular flexibility index (Phi) is 4.04. The fourth-order valence-electron chi connectivity index (χ4n) is 2.21. The van der Waals surface area contributed by atoms with Gasteiger partial charge in [0.05, 0.1) is 26.8 Å². The zero-order valence-corrected chi connectivity index (χ0v) is 13.3. The normalized spacial score (nSPS) is 10.8. The van der Waals surface area contributed by atoms with Crippen molar-refractivity contribution in [2.24, 2.45) is 0 Å². The summed E-state index contributed by atoms with van der Waals surface area (Å²) in [6.45, 7) is 0. The Morgan fingerprint density at radius 1 is 1.12 bits per heavy atom. The number of hydrogen-bond acceptors (Lipinski definition) is 5. The molecule has 1 aromatic carbocycles. The molecular weight excluding hydrogens is 357 g/mol. The lowest BCUT2D eigenvalue weighted by Crippen LogP contribution is -2.23. The van der Waals surface area contributed by atoms with E-state index >= 15 is 0 Å². The first-order chi connectivity index (χ1) is 11.4. The van der Waals surface area contributed by atoms with E-state index in [1.807, 2.05) is 0 Å². The number of carbonyl (C=O) groups is 2. The number of aromatic hydroxyl groups is 2. The molecule has 2 heterocycles. The first-order valence-corrected chi connectivity index (χ1v) is 7.32. The first kappa shape index (κ1) is 16.1. The summed E-state index contributed by atoms with van der Waals surface area (Å²) >= 11 is 11.8. The van der Waals surface area contributed by atoms with Gasteiger partial charge in [-0.2, -0.15) is 0 Å². The number of benzene rings is 1. The van der Waals surface area contributed by atoms with E-state index in [9.17, 15) is 19.8 Å². The highest BCUT2D eigenvalue weighted by Crippen LogP contribution is 2.32. The van der Waals surface area contributed by atoms with Crippen molar-refractivity contribution in [1.82, 2.24) is 9.97 Å². The Morgan fingerprint density at radius 3 is 2.46 bits per heavy atom. The number of carbonyl (C=O) groups excluding carboxylic acids is 2. The smallest absolute Gasteiger partial charge is 0.296 e. The molecule has 1 amide bonds. The number of nitrogens with zero attached hydrogens (tertiary/aromatic N) is 1. The monoisotopic (exact) mass is 365 g/mol. The lowest BCUT2D eigenvalue weighted by atomic mass is 10.1. The SMILES string of the molecule is O=C(Nc1c(Cl)cncc1Cl)C(=O)c1c[nH]c2c(O)cc(O)cc12. The Hall–Kier alpha value is -2.77. The quantitative estimate of drug-likeness (QED) is 0.420. The van der Waals surface area contributed by atoms with Crippen molar-refractivity contribution in [3.05, 3.63) is 46.3 Å². The number of anilines is 1. The molecule has 0 spiro atoms. The van der Waals surface area contributed by atoms with Gasteiger partial charge in [0.2, 0.25) is 0 Å². The third-order valence-electron chi connectivity index (χ3n) is 3.30. The first-order valence-electron chi connectivity index (χ1n) is 6.56. The minimum atomic E-state index is -0.978. The van der Waals surface area contributed by atoms with Gasteiger partial charge in [0.15, 0.2) is 0 Å². The maximum absolute atomic E-state index is 12.4. The van der Waals surface area contributed by atoms with Crippen LogP contribution in [0.1, 0.15) is 10.4 Å². The summed E-state index contributed by atoms with van der Waals surface area (Å²) in [6.07, 6.45) is 3.81. The fourth-order valence-corrected chi connectivity index (χ4v) is 2.67. The second-order valence-corrected chi connectivity index (χ2v) is 5.67. The van der Waals surface area contributed by atoms with Crippen molar-refractivity contribution in [2.75, 3.05) is 5.32 Å². The molecule has 24 heavy (non-hydrogen) atoms. The van der Waals surface area contributed by atoms with Crippen LogP contribution in [0.25, 0.3) is 10.9 Å². The zero-order chi connectivity index (χ0) is 17.4. The van der Waals surface area contributed by atoms with Crippen molar-refractivity contribution in [3.8, 4) is 11.5 Å². The summed E-state index contributed by atoms with van der Waals surface area (Å²) in [6, 6.07) is 2.38. The van der Waals surface area contributed by atoms with Crippen molar-refractivity contribution in [1.29, 1.82) is 0 Å². The largest absolute Gasteiger partial charge is 0.508 e. The lowest BCUT2D eigenvalue weighted by Gasteiger charge is -2.07. The van der Waals surface area contributed by atoms with E-state index in [4.69, 9.17) is 23.2 Å². The molecule has 3 rings (SSSR count). The summed E-state index contributed by atoms with van der Waals surface area (Å²) in [5.41, 5.74) is 0.274. The molecule has 0 radical (unpaired) electrons. The van der Waals surface area contributed by atoms with Crippen LogP contribution >= 0.6 is 23.2 Å². The van der Waals surface area contributed by atoms with E-state index in [1.165, 1.54) is 24.7 Å². The van der Waals surface area contributed by atoms with E-state index in [2.05, 4.69) is 15.3 Å². The number of hydrogen-bond donors (Lipinski definition) is 4. The minimum absolute atomic E-state index is 0.0185. The second kappa shape index (κ2) is 6.03. The van der Waals surface area contributed by atoms with Crippen LogP contribution in [0, 0.1) is 0 Å². The number of ketones is 1. The summed E-state index contributed by atoms with van der Waals surface area (Å²) in [4.78, 5) is 31.0. The fraction of sp³-hybridized carbons (Fsp3) is 0. The molecule has 0 atom stereocenters. The van der Waals surface area contributed by atoms with Crippen LogP contribution < -0.4 is 5.32 Å². The van der Waals surface area contributed by atoms with Crippen LogP contribution in [0.4, 0.5) is 5.69 Å². The molecule has 0 saturated heterocycles. The highest BCUT2D eigenvalue weighted by atomic mass is 35.5. The average molecular weight is 366 g/mol. The molecule has 0 bridgehead atoms. The van der Waals surface area contributed by atoms with E-state index in [-0.39, 0.29) is 43.7 Å². The molecule has 0 aliphatic heterocycles. The minimum Gasteiger partial charge on any atom is -0.508 e. The average Bonchev–Trinajstić information content (AvgIpc) is 2.94. The number of phenols is 2. The van der Waals surface area contributed by atoms with E-state index in [1.54, 1.807) is 0 Å². The predicted molar refractivity (Wildman–Crippen MR) is 88.8 cm³/mol. The molecule has 0 saturated carbocycles. The third-order valence-corrected chi connectivity index (χ3v) is 3.87. The number of halogens is 2. The van der Waals surface area contributed by atoms with Gasteiger partial charge in [-0.3, -0.25) is 14.6 Å². The van der Waals surface area contributed by atoms with Crippen molar-refractivity contribution in [3.63, 3.8) is 0 Å². The molecule has 7 nitrogen and oxygen atoms in total. The zero-order valence-electron chi connectivity index (χ0n) is 11.8. The van der Waals surface area contributed by atoms with Crippen molar-refractivity contribution < 1.29 is 19.8 Å². The molecule has 2 aromatic heterocycles. The van der Waals surface area contributed by atoms with Crippen LogP contribution in [0.3, 0.4) is 0 Å². The summed E-state index contributed by atoms with van der Waals surface area (Å²) < 4.78 is 0. The van der Waals surface area contributed by atoms with E-state index in [0.717, 1.165) is 6.07 Å². The van der Waals surface area contributed by atoms with Gasteiger partial charge in [0.1, 0.15) is 11.5 Å². The van der Waals surface area contributed by atoms with Gasteiger partial charge in [-0.25, -0.2) is 0 Å². The summed E-state index contributed by atoms with van der Waals surface area (Å²) in [5.74, 6) is -2.36. The number of H-pyrrole nitrogens is 1. The van der Waals surface area contributed by atoms with Gasteiger partial charge in [-0.15, -0.1) is 0 Å². The maximum Gasteiger partial charge on any atom is 0.296 e. The van der Waals surface area contributed by atoms with E-state index < -0.39 is 11.7 Å². The van der Waals surface area contributed by atoms with Crippen LogP contribution in [-0.2, 0) is 4.79 Å². The van der Waals surface area contributed by atoms with Gasteiger partial charge in [-0.1, -0.05) is 23.2 Å². The molecule has 0 unspecified atom stereocenters. The molecule has 0 aliphatic rings. The number of aromatic amines is 1. The number of pyridine rings is 1. The van der Waals surface area contributed by atoms with Crippen molar-refractivity contribution in [2.45, 2.75) is 0 Å². The molecule has 0 aliphatic carbocycles. The van der Waals surface area contributed by atoms with E-state index in [0.29, 0.717) is 0 Å². The van der Waals surface area contributed by atoms with Gasteiger partial charge in [0.25, 0.3) is 11.7 Å². The number of amides is 1. The van der Waals surface area contributed by atoms with Crippen LogP contribution in [0.2, 0.25) is 10.0 Å². The van der Waals surface area contributed by atoms with Crippen molar-refractivity contribution >= 4 is 51.5 Å². The third kappa shape index (κ3) is 2.75. The van der Waals surface area contributed by atoms with Crippen LogP contribution in [0.15, 0.2) is 30.7 Å². The number of nitrogens with one attached hydrogen (secondary N) is 2. The number of aromatic nitrogens is 2. The summed E-state index contributed by atoms with van der Waals surface area (Å²) in [5, 5.41) is 22.0. The second-order valence-electron chi connectivity index (χ2n) is 4.85. The van der Waals surface area contributed by atoms with Gasteiger partial charge >= 0.3 is 0 Å². The number of rotatable bonds is 3. The highest BCUT2D eigenvalue weighted by Gasteiger charge is 2.23. The topological polar surface area (TPSA) is 115 Å². The molecule has 0 fully saturated rings. The highest BCUT2D eigenvalue weighted by molar-refractivity contribution is 6.50. The number of Topliss-reactive ketones (excluding diaryl/α,β-unsaturated/α-hetero) is 1. The summed E-state index contributed by atoms with van der Waals surface area (Å²) in [7, 11) is 0. The Morgan fingerprint density at radius 2 is 1.79 bits per heavy atom. The Balaban J connectivity index is 1.96. The molecule has 3 aromatic rings. The van der Waals surface area contributed by atoms with Gasteiger partial charge in [0, 0.05) is 30.0 Å². The van der Waals surface area contributed by atoms with Gasteiger partial charge < -0.3 is 20.5 Å². The van der Waals surface area contributed by atoms with Crippen LogP contribution in [-0.4, -0.2) is 31.9 Å². The number of phenolic OH excluding ortho intramolecular Hbond substituents is 2. The standard InChI is InChI=1S/C15H9Cl2N3O4/c16-9-4-18-5-10(17)13(9)20-15(24)14(23)8-3-19-12-7(8)1-6(21)2-11(12)22/h1-5,19,21-22H,(H,18,20,24). The molecular formula is C15H9Cl2N3O4. The van der Waals surface area contributed by atoms with Gasteiger partial charge in [-0.05, 0) is 6.07 Å². The predicted octanol–water partition coefficient (Wildman–Crippen LogP) is 3.10. The Labute approximate surface area is 144 Å². The molecule has 122 valence electrons. The molecule has 9 heteroatoms. The number of fused-ring (bicyclic) bond motifs is 1. The lowest BCUT2D eigenvalue weighted by molar-refractivity contribution is -0.112. The maximum atomic E-state index is 12.4. The Bertz CT molecular complexity index is 964. The van der Waals surface area contributed by atoms with Crippen LogP contribution in [0.5, 0.6) is 11.5 Å². The molecule has 4 N–H and O–H groups in total.